The van der Waals surface area contributed by atoms with Gasteiger partial charge in [-0.1, -0.05) is 24.3 Å². The highest BCUT2D eigenvalue weighted by molar-refractivity contribution is 5.91. The van der Waals surface area contributed by atoms with Gasteiger partial charge in [0.2, 0.25) is 0 Å². The van der Waals surface area contributed by atoms with E-state index in [1.165, 1.54) is 66.7 Å². The third-order valence-corrected chi connectivity index (χ3v) is 5.75. The fraction of sp³-hybridized carbons (Fsp3) is 0.267. The number of alkyl halides is 5. The van der Waals surface area contributed by atoms with Gasteiger partial charge in [-0.2, -0.15) is 22.0 Å². The summed E-state index contributed by atoms with van der Waals surface area (Å²) in [5.41, 5.74) is 12.5. The molecule has 7 nitrogen and oxygen atoms in total. The Bertz CT molecular complexity index is 1350. The molecule has 3 aromatic rings. The summed E-state index contributed by atoms with van der Waals surface area (Å²) in [7, 11) is 0. The molecule has 0 aliphatic rings. The molecule has 0 amide bonds. The fourth-order valence-corrected chi connectivity index (χ4v) is 3.64. The number of hydrogen-bond acceptors (Lipinski definition) is 7. The van der Waals surface area contributed by atoms with Gasteiger partial charge in [-0.15, -0.1) is 0 Å². The van der Waals surface area contributed by atoms with Gasteiger partial charge in [-0.05, 0) is 78.9 Å². The molecule has 42 heavy (non-hydrogen) atoms. The van der Waals surface area contributed by atoms with Crippen molar-refractivity contribution in [2.45, 2.75) is 38.0 Å². The van der Waals surface area contributed by atoms with Gasteiger partial charge in [0.15, 0.2) is 0 Å². The normalized spacial score (nSPS) is 11.8. The highest BCUT2D eigenvalue weighted by Gasteiger charge is 2.34. The van der Waals surface area contributed by atoms with E-state index in [-0.39, 0.29) is 36.5 Å². The molecule has 0 radical (unpaired) electrons. The molecule has 0 spiro atoms. The lowest BCUT2D eigenvalue weighted by atomic mass is 10.1. The number of nitrogens with two attached hydrogens (primary N) is 2. The molecule has 0 aliphatic heterocycles. The molecule has 0 aromatic heterocycles. The SMILES string of the molecule is Nc1cc(N)cc(C(=O)OCCCCOC(=O)/C=C/c2ccc(OC(F)(F)c3ccc(CCC(F)(F)F)cc3)cc2)c1. The summed E-state index contributed by atoms with van der Waals surface area (Å²) in [4.78, 5) is 24.0. The minimum atomic E-state index is -4.33. The number of benzene rings is 3. The van der Waals surface area contributed by atoms with Gasteiger partial charge in [-0.25, -0.2) is 9.59 Å². The molecule has 0 saturated heterocycles. The minimum Gasteiger partial charge on any atom is -0.463 e. The lowest BCUT2D eigenvalue weighted by molar-refractivity contribution is -0.185. The van der Waals surface area contributed by atoms with Crippen molar-refractivity contribution in [1.82, 2.24) is 0 Å². The molecule has 4 N–H and O–H groups in total. The zero-order valence-corrected chi connectivity index (χ0v) is 22.3. The van der Waals surface area contributed by atoms with E-state index >= 15 is 0 Å². The van der Waals surface area contributed by atoms with E-state index in [0.717, 1.165) is 12.1 Å². The number of carbonyl (C=O) groups is 2. The van der Waals surface area contributed by atoms with Crippen LogP contribution in [0.25, 0.3) is 6.08 Å². The predicted molar refractivity (Wildman–Crippen MR) is 147 cm³/mol. The van der Waals surface area contributed by atoms with Crippen LogP contribution in [0, 0.1) is 0 Å². The Hall–Kier alpha value is -4.61. The summed E-state index contributed by atoms with van der Waals surface area (Å²) in [6.07, 6.45) is -5.89. The Morgan fingerprint density at radius 2 is 1.38 bits per heavy atom. The van der Waals surface area contributed by atoms with Gasteiger partial charge < -0.3 is 25.7 Å². The average molecular weight is 593 g/mol. The summed E-state index contributed by atoms with van der Waals surface area (Å²) >= 11 is 0. The summed E-state index contributed by atoms with van der Waals surface area (Å²) in [5, 5.41) is 0. The van der Waals surface area contributed by atoms with Crippen molar-refractivity contribution in [2.75, 3.05) is 24.7 Å². The van der Waals surface area contributed by atoms with Crippen LogP contribution in [0.4, 0.5) is 33.3 Å². The van der Waals surface area contributed by atoms with E-state index in [1.54, 1.807) is 0 Å². The molecule has 0 unspecified atom stereocenters. The van der Waals surface area contributed by atoms with Gasteiger partial charge in [0, 0.05) is 23.9 Å². The smallest absolute Gasteiger partial charge is 0.426 e. The van der Waals surface area contributed by atoms with Crippen molar-refractivity contribution in [2.24, 2.45) is 0 Å². The van der Waals surface area contributed by atoms with Gasteiger partial charge >= 0.3 is 24.2 Å². The summed E-state index contributed by atoms with van der Waals surface area (Å²) in [6.45, 7) is 0.207. The largest absolute Gasteiger partial charge is 0.463 e. The van der Waals surface area contributed by atoms with E-state index < -0.39 is 36.2 Å². The second-order valence-electron chi connectivity index (χ2n) is 9.23. The summed E-state index contributed by atoms with van der Waals surface area (Å²) in [6, 6.07) is 14.4. The molecule has 12 heteroatoms. The van der Waals surface area contributed by atoms with Crippen LogP contribution >= 0.6 is 0 Å². The molecular formula is C30H29F5N2O5. The number of nitrogen functional groups attached to an aromatic ring is 2. The lowest BCUT2D eigenvalue weighted by Crippen LogP contribution is -2.21. The molecular weight excluding hydrogens is 563 g/mol. The molecule has 0 aliphatic carbocycles. The zero-order chi connectivity index (χ0) is 30.8. The molecule has 0 fully saturated rings. The first kappa shape index (κ1) is 31.9. The first-order chi connectivity index (χ1) is 19.8. The second-order valence-corrected chi connectivity index (χ2v) is 9.23. The number of ether oxygens (including phenoxy) is 3. The fourth-order valence-electron chi connectivity index (χ4n) is 3.64. The third kappa shape index (κ3) is 10.8. The van der Waals surface area contributed by atoms with E-state index in [1.807, 2.05) is 0 Å². The number of carbonyl (C=O) groups excluding carboxylic acids is 2. The minimum absolute atomic E-state index is 0.0944. The van der Waals surface area contributed by atoms with Crippen LogP contribution in [0.3, 0.4) is 0 Å². The quantitative estimate of drug-likeness (QED) is 0.0750. The number of hydrogen-bond donors (Lipinski definition) is 2. The average Bonchev–Trinajstić information content (AvgIpc) is 2.92. The van der Waals surface area contributed by atoms with Crippen molar-refractivity contribution >= 4 is 29.4 Å². The molecule has 0 saturated carbocycles. The molecule has 0 atom stereocenters. The Labute approximate surface area is 238 Å². The highest BCUT2D eigenvalue weighted by atomic mass is 19.4. The van der Waals surface area contributed by atoms with Crippen LogP contribution in [-0.2, 0) is 26.8 Å². The molecule has 0 heterocycles. The first-order valence-corrected chi connectivity index (χ1v) is 12.8. The predicted octanol–water partition coefficient (Wildman–Crippen LogP) is 6.67. The topological polar surface area (TPSA) is 114 Å². The summed E-state index contributed by atoms with van der Waals surface area (Å²) in [5.74, 6) is -1.33. The van der Waals surface area contributed by atoms with Crippen LogP contribution < -0.4 is 16.2 Å². The molecule has 3 aromatic carbocycles. The van der Waals surface area contributed by atoms with Crippen LogP contribution in [0.2, 0.25) is 0 Å². The van der Waals surface area contributed by atoms with Crippen molar-refractivity contribution in [1.29, 1.82) is 0 Å². The van der Waals surface area contributed by atoms with E-state index in [0.29, 0.717) is 29.8 Å². The van der Waals surface area contributed by atoms with E-state index in [4.69, 9.17) is 25.7 Å². The standard InChI is InChI=1S/C30H29F5N2O5/c31-29(32,33)14-13-21-3-8-23(9-4-21)30(34,35)42-26-10-5-20(6-11-26)7-12-27(38)40-15-1-2-16-41-28(39)22-17-24(36)19-25(37)18-22/h3-12,17-19H,1-2,13-16,36-37H2/b12-7+. The number of esters is 2. The van der Waals surface area contributed by atoms with E-state index in [2.05, 4.69) is 0 Å². The van der Waals surface area contributed by atoms with Crippen LogP contribution in [0.15, 0.2) is 72.8 Å². The van der Waals surface area contributed by atoms with Gasteiger partial charge in [0.05, 0.1) is 24.3 Å². The number of anilines is 2. The van der Waals surface area contributed by atoms with Crippen molar-refractivity contribution in [3.8, 4) is 5.75 Å². The molecule has 0 bridgehead atoms. The van der Waals surface area contributed by atoms with Crippen molar-refractivity contribution in [3.63, 3.8) is 0 Å². The maximum absolute atomic E-state index is 14.5. The Balaban J connectivity index is 1.38. The number of unbranched alkanes of at least 4 members (excludes halogenated alkanes) is 1. The Morgan fingerprint density at radius 1 is 0.786 bits per heavy atom. The monoisotopic (exact) mass is 592 g/mol. The van der Waals surface area contributed by atoms with Gasteiger partial charge in [0.1, 0.15) is 5.75 Å². The van der Waals surface area contributed by atoms with Crippen LogP contribution in [0.1, 0.15) is 46.3 Å². The number of halogens is 5. The maximum Gasteiger partial charge on any atom is 0.426 e. The zero-order valence-electron chi connectivity index (χ0n) is 22.3. The second kappa shape index (κ2) is 14.3. The maximum atomic E-state index is 14.5. The Morgan fingerprint density at radius 3 is 1.98 bits per heavy atom. The van der Waals surface area contributed by atoms with Crippen molar-refractivity contribution < 1.29 is 45.8 Å². The van der Waals surface area contributed by atoms with Crippen LogP contribution in [-0.4, -0.2) is 31.3 Å². The van der Waals surface area contributed by atoms with E-state index in [9.17, 15) is 31.5 Å². The number of aryl methyl sites for hydroxylation is 1. The van der Waals surface area contributed by atoms with Gasteiger partial charge in [-0.3, -0.25) is 0 Å². The summed E-state index contributed by atoms with van der Waals surface area (Å²) < 4.78 is 81.1. The molecule has 224 valence electrons. The van der Waals surface area contributed by atoms with Crippen LogP contribution in [0.5, 0.6) is 5.75 Å². The van der Waals surface area contributed by atoms with Gasteiger partial charge in [0.25, 0.3) is 0 Å². The third-order valence-electron chi connectivity index (χ3n) is 5.75. The lowest BCUT2D eigenvalue weighted by Gasteiger charge is -2.18. The Kier molecular flexibility index (Phi) is 10.9. The first-order valence-electron chi connectivity index (χ1n) is 12.8. The van der Waals surface area contributed by atoms with Crippen molar-refractivity contribution in [3.05, 3.63) is 95.1 Å². The number of rotatable bonds is 13. The highest BCUT2D eigenvalue weighted by Crippen LogP contribution is 2.32. The molecule has 3 rings (SSSR count).